The van der Waals surface area contributed by atoms with E-state index in [1.54, 1.807) is 0 Å². The molecule has 1 saturated carbocycles. The van der Waals surface area contributed by atoms with Crippen molar-refractivity contribution in [1.82, 2.24) is 4.98 Å². The van der Waals surface area contributed by atoms with Crippen molar-refractivity contribution in [2.24, 2.45) is 5.92 Å². The van der Waals surface area contributed by atoms with Gasteiger partial charge in [-0.3, -0.25) is 0 Å². The average molecular weight is 331 g/mol. The molecule has 2 aromatic rings. The van der Waals surface area contributed by atoms with Gasteiger partial charge in [0, 0.05) is 17.2 Å². The monoisotopic (exact) mass is 331 g/mol. The van der Waals surface area contributed by atoms with E-state index in [9.17, 15) is 18.7 Å². The molecule has 1 aromatic heterocycles. The van der Waals surface area contributed by atoms with E-state index in [-0.39, 0.29) is 23.2 Å². The Morgan fingerprint density at radius 2 is 1.96 bits per heavy atom. The lowest BCUT2D eigenvalue weighted by molar-refractivity contribution is 0.0686. The molecule has 6 heteroatoms. The SMILES string of the molecule is O=C(O)c1cc(-c2ccc(F)cc2F)c2c(n1)O[C@@H](C1CC1)CC2. The zero-order valence-corrected chi connectivity index (χ0v) is 12.8. The maximum atomic E-state index is 14.2. The third-order valence-corrected chi connectivity index (χ3v) is 4.62. The number of pyridine rings is 1. The minimum absolute atomic E-state index is 0.0416. The van der Waals surface area contributed by atoms with Crippen LogP contribution in [0.1, 0.15) is 35.3 Å². The van der Waals surface area contributed by atoms with Gasteiger partial charge in [0.1, 0.15) is 17.7 Å². The highest BCUT2D eigenvalue weighted by Gasteiger charge is 2.37. The number of aromatic nitrogens is 1. The van der Waals surface area contributed by atoms with Crippen LogP contribution < -0.4 is 4.74 Å². The van der Waals surface area contributed by atoms with Gasteiger partial charge >= 0.3 is 5.97 Å². The average Bonchev–Trinajstić information content (AvgIpc) is 3.38. The third kappa shape index (κ3) is 2.62. The van der Waals surface area contributed by atoms with E-state index in [0.29, 0.717) is 23.5 Å². The predicted octanol–water partition coefficient (Wildman–Crippen LogP) is 3.83. The molecule has 1 aliphatic heterocycles. The van der Waals surface area contributed by atoms with Gasteiger partial charge in [-0.1, -0.05) is 0 Å². The van der Waals surface area contributed by atoms with Crippen LogP contribution in [0.25, 0.3) is 11.1 Å². The number of rotatable bonds is 3. The first-order chi connectivity index (χ1) is 11.5. The summed E-state index contributed by atoms with van der Waals surface area (Å²) in [6, 6.07) is 4.60. The summed E-state index contributed by atoms with van der Waals surface area (Å²) in [6.45, 7) is 0. The highest BCUT2D eigenvalue weighted by atomic mass is 19.1. The van der Waals surface area contributed by atoms with Gasteiger partial charge in [0.25, 0.3) is 0 Å². The molecular weight excluding hydrogens is 316 g/mol. The van der Waals surface area contributed by atoms with Gasteiger partial charge in [-0.25, -0.2) is 18.6 Å². The molecule has 4 rings (SSSR count). The lowest BCUT2D eigenvalue weighted by atomic mass is 9.93. The fourth-order valence-corrected chi connectivity index (χ4v) is 3.23. The number of fused-ring (bicyclic) bond motifs is 1. The molecule has 1 N–H and O–H groups in total. The fourth-order valence-electron chi connectivity index (χ4n) is 3.23. The van der Waals surface area contributed by atoms with E-state index < -0.39 is 17.6 Å². The van der Waals surface area contributed by atoms with Crippen LogP contribution in [0.4, 0.5) is 8.78 Å². The van der Waals surface area contributed by atoms with E-state index in [1.165, 1.54) is 12.1 Å². The second-order valence-corrected chi connectivity index (χ2v) is 6.30. The van der Waals surface area contributed by atoms with Crippen molar-refractivity contribution in [2.75, 3.05) is 0 Å². The standard InChI is InChI=1S/C18H15F2NO3/c19-10-3-4-11(14(20)7-10)13-8-15(18(22)23)21-17-12(13)5-6-16(24-17)9-1-2-9/h3-4,7-9,16H,1-2,5-6H2,(H,22,23)/t16-/m1/s1. The normalized spacial score (nSPS) is 19.5. The molecule has 124 valence electrons. The number of halogens is 2. The first-order valence-corrected chi connectivity index (χ1v) is 7.92. The number of hydrogen-bond donors (Lipinski definition) is 1. The molecule has 0 spiro atoms. The Morgan fingerprint density at radius 1 is 1.17 bits per heavy atom. The number of hydrogen-bond acceptors (Lipinski definition) is 3. The van der Waals surface area contributed by atoms with E-state index >= 15 is 0 Å². The molecule has 0 unspecified atom stereocenters. The molecule has 1 aromatic carbocycles. The van der Waals surface area contributed by atoms with Crippen LogP contribution in [0.5, 0.6) is 5.88 Å². The molecule has 1 atom stereocenters. The number of nitrogens with zero attached hydrogens (tertiary/aromatic N) is 1. The van der Waals surface area contributed by atoms with Crippen molar-refractivity contribution in [3.8, 4) is 17.0 Å². The van der Waals surface area contributed by atoms with Gasteiger partial charge in [0.2, 0.25) is 5.88 Å². The van der Waals surface area contributed by atoms with Gasteiger partial charge in [0.05, 0.1) is 0 Å². The molecule has 2 heterocycles. The minimum Gasteiger partial charge on any atom is -0.477 e. The van der Waals surface area contributed by atoms with Crippen molar-refractivity contribution < 1.29 is 23.4 Å². The molecule has 4 nitrogen and oxygen atoms in total. The molecule has 1 aliphatic carbocycles. The summed E-state index contributed by atoms with van der Waals surface area (Å²) in [5.74, 6) is -1.86. The second kappa shape index (κ2) is 5.54. The highest BCUT2D eigenvalue weighted by molar-refractivity contribution is 5.88. The second-order valence-electron chi connectivity index (χ2n) is 6.30. The van der Waals surface area contributed by atoms with Crippen LogP contribution in [-0.2, 0) is 6.42 Å². The Labute approximate surface area is 137 Å². The largest absolute Gasteiger partial charge is 0.477 e. The summed E-state index contributed by atoms with van der Waals surface area (Å²) in [5, 5.41) is 9.29. The zero-order valence-electron chi connectivity index (χ0n) is 12.8. The first-order valence-electron chi connectivity index (χ1n) is 7.92. The minimum atomic E-state index is -1.21. The molecule has 0 bridgehead atoms. The number of carboxylic acid groups (broad SMARTS) is 1. The Morgan fingerprint density at radius 3 is 2.62 bits per heavy atom. The first kappa shape index (κ1) is 15.1. The molecule has 24 heavy (non-hydrogen) atoms. The predicted molar refractivity (Wildman–Crippen MR) is 82.0 cm³/mol. The van der Waals surface area contributed by atoms with E-state index in [2.05, 4.69) is 4.98 Å². The van der Waals surface area contributed by atoms with Crippen LogP contribution in [-0.4, -0.2) is 22.2 Å². The summed E-state index contributed by atoms with van der Waals surface area (Å²) >= 11 is 0. The number of carbonyl (C=O) groups is 1. The molecule has 0 amide bonds. The summed E-state index contributed by atoms with van der Waals surface area (Å²) < 4.78 is 33.3. The van der Waals surface area contributed by atoms with Crippen molar-refractivity contribution in [3.05, 3.63) is 47.2 Å². The number of carboxylic acids is 1. The summed E-state index contributed by atoms with van der Waals surface area (Å²) in [5.41, 5.74) is 1.04. The van der Waals surface area contributed by atoms with E-state index in [0.717, 1.165) is 31.4 Å². The van der Waals surface area contributed by atoms with E-state index in [1.807, 2.05) is 0 Å². The van der Waals surface area contributed by atoms with Crippen molar-refractivity contribution >= 4 is 5.97 Å². The van der Waals surface area contributed by atoms with Crippen LogP contribution >= 0.6 is 0 Å². The Balaban J connectivity index is 1.85. The van der Waals surface area contributed by atoms with Crippen LogP contribution in [0.2, 0.25) is 0 Å². The van der Waals surface area contributed by atoms with Gasteiger partial charge < -0.3 is 9.84 Å². The molecular formula is C18H15F2NO3. The number of aromatic carboxylic acids is 1. The summed E-state index contributed by atoms with van der Waals surface area (Å²) in [7, 11) is 0. The number of benzene rings is 1. The van der Waals surface area contributed by atoms with Crippen molar-refractivity contribution in [1.29, 1.82) is 0 Å². The van der Waals surface area contributed by atoms with E-state index in [4.69, 9.17) is 4.74 Å². The van der Waals surface area contributed by atoms with Crippen LogP contribution in [0.15, 0.2) is 24.3 Å². The molecule has 0 saturated heterocycles. The molecule has 2 aliphatic rings. The lowest BCUT2D eigenvalue weighted by Crippen LogP contribution is -2.26. The van der Waals surface area contributed by atoms with Gasteiger partial charge in [-0.2, -0.15) is 0 Å². The molecule has 1 fully saturated rings. The quantitative estimate of drug-likeness (QED) is 0.929. The van der Waals surface area contributed by atoms with Crippen LogP contribution in [0, 0.1) is 17.6 Å². The summed E-state index contributed by atoms with van der Waals surface area (Å²) in [6.07, 6.45) is 3.69. The van der Waals surface area contributed by atoms with Gasteiger partial charge in [-0.15, -0.1) is 0 Å². The maximum Gasteiger partial charge on any atom is 0.354 e. The third-order valence-electron chi connectivity index (χ3n) is 4.62. The zero-order chi connectivity index (χ0) is 16.8. The molecule has 0 radical (unpaired) electrons. The smallest absolute Gasteiger partial charge is 0.354 e. The summed E-state index contributed by atoms with van der Waals surface area (Å²) in [4.78, 5) is 15.5. The van der Waals surface area contributed by atoms with Gasteiger partial charge in [0.15, 0.2) is 5.69 Å². The van der Waals surface area contributed by atoms with Crippen molar-refractivity contribution in [3.63, 3.8) is 0 Å². The number of ether oxygens (including phenoxy) is 1. The fraction of sp³-hybridized carbons (Fsp3) is 0.333. The van der Waals surface area contributed by atoms with Crippen LogP contribution in [0.3, 0.4) is 0 Å². The Hall–Kier alpha value is -2.50. The highest BCUT2D eigenvalue weighted by Crippen LogP contribution is 2.42. The lowest BCUT2D eigenvalue weighted by Gasteiger charge is -2.27. The Kier molecular flexibility index (Phi) is 3.48. The topological polar surface area (TPSA) is 59.4 Å². The van der Waals surface area contributed by atoms with Gasteiger partial charge in [-0.05, 0) is 55.4 Å². The maximum absolute atomic E-state index is 14.2. The van der Waals surface area contributed by atoms with Crippen molar-refractivity contribution in [2.45, 2.75) is 31.8 Å². The Bertz CT molecular complexity index is 833.